The topological polar surface area (TPSA) is 26.3 Å². The van der Waals surface area contributed by atoms with Crippen LogP contribution in [0.25, 0.3) is 0 Å². The van der Waals surface area contributed by atoms with E-state index in [1.807, 2.05) is 0 Å². The first-order valence-corrected chi connectivity index (χ1v) is 14.6. The Hall–Kier alpha value is -0.673. The summed E-state index contributed by atoms with van der Waals surface area (Å²) in [6, 6.07) is 0. The summed E-state index contributed by atoms with van der Waals surface area (Å²) in [5, 5.41) is 0. The molecule has 0 spiro atoms. The molecule has 4 aliphatic rings. The van der Waals surface area contributed by atoms with Crippen molar-refractivity contribution in [2.45, 2.75) is 91.5 Å². The van der Waals surface area contributed by atoms with Crippen LogP contribution in [0.3, 0.4) is 0 Å². The van der Waals surface area contributed by atoms with Gasteiger partial charge in [0, 0.05) is 12.5 Å². The van der Waals surface area contributed by atoms with Gasteiger partial charge < -0.3 is 4.43 Å². The molecule has 0 radical (unpaired) electrons. The summed E-state index contributed by atoms with van der Waals surface area (Å²) in [5.74, 6) is 2.43. The molecule has 0 aliphatic heterocycles. The maximum Gasteiger partial charge on any atom is 0.184 e. The van der Waals surface area contributed by atoms with E-state index in [2.05, 4.69) is 52.6 Å². The van der Waals surface area contributed by atoms with Crippen LogP contribution in [0.5, 0.6) is 0 Å². The van der Waals surface area contributed by atoms with E-state index in [9.17, 15) is 4.79 Å². The number of rotatable bonds is 2. The summed E-state index contributed by atoms with van der Waals surface area (Å²) in [7, 11) is -1.48. The van der Waals surface area contributed by atoms with Crippen molar-refractivity contribution in [3.8, 4) is 0 Å². The SMILES string of the molecule is C/C=C1\C(=O)CC2C3CC=C4C[C@@H](O[Si](C)(C)C)CC[C@]4(C)C3CC[C@]12C. The van der Waals surface area contributed by atoms with Crippen molar-refractivity contribution in [1.82, 2.24) is 0 Å². The van der Waals surface area contributed by atoms with Gasteiger partial charge in [-0.25, -0.2) is 0 Å². The van der Waals surface area contributed by atoms with E-state index in [0.717, 1.165) is 24.3 Å². The molecular formula is C24H38O2Si. The Morgan fingerprint density at radius 2 is 1.78 bits per heavy atom. The molecule has 3 heteroatoms. The highest BCUT2D eigenvalue weighted by Crippen LogP contribution is 2.65. The average molecular weight is 387 g/mol. The standard InChI is InChI=1S/C24H38O2Si/c1-7-19-22(25)15-21-18-9-8-16-14-17(26-27(4,5)6)10-12-23(16,2)20(18)11-13-24(19,21)3/h7-8,17-18,20-21H,9-15H2,1-6H3/b19-7+/t17-,18?,20?,21?,23-,24+/m0/s1. The van der Waals surface area contributed by atoms with Gasteiger partial charge in [0.05, 0.1) is 0 Å². The summed E-state index contributed by atoms with van der Waals surface area (Å²) in [5.41, 5.74) is 3.29. The maximum absolute atomic E-state index is 12.7. The predicted octanol–water partition coefficient (Wildman–Crippen LogP) is 6.29. The van der Waals surface area contributed by atoms with Crippen LogP contribution in [0.1, 0.15) is 65.7 Å². The van der Waals surface area contributed by atoms with Gasteiger partial charge in [-0.1, -0.05) is 31.6 Å². The summed E-state index contributed by atoms with van der Waals surface area (Å²) in [4.78, 5) is 12.7. The van der Waals surface area contributed by atoms with Crippen LogP contribution in [0.4, 0.5) is 0 Å². The molecule has 0 saturated heterocycles. The van der Waals surface area contributed by atoms with Gasteiger partial charge in [-0.3, -0.25) is 4.79 Å². The Kier molecular flexibility index (Phi) is 4.67. The van der Waals surface area contributed by atoms with Crippen LogP contribution < -0.4 is 0 Å². The third kappa shape index (κ3) is 3.04. The lowest BCUT2D eigenvalue weighted by Gasteiger charge is -2.57. The molecule has 4 rings (SSSR count). The molecule has 3 saturated carbocycles. The first kappa shape index (κ1) is 19.6. The van der Waals surface area contributed by atoms with Crippen LogP contribution in [-0.4, -0.2) is 20.2 Å². The van der Waals surface area contributed by atoms with E-state index in [4.69, 9.17) is 4.43 Å². The molecule has 0 aromatic carbocycles. The summed E-state index contributed by atoms with van der Waals surface area (Å²) < 4.78 is 6.48. The number of carbonyl (C=O) groups excluding carboxylic acids is 1. The van der Waals surface area contributed by atoms with Gasteiger partial charge in [-0.2, -0.15) is 0 Å². The fourth-order valence-corrected chi connectivity index (χ4v) is 8.58. The smallest absolute Gasteiger partial charge is 0.184 e. The molecule has 0 amide bonds. The molecule has 3 unspecified atom stereocenters. The van der Waals surface area contributed by atoms with Gasteiger partial charge in [0.15, 0.2) is 14.1 Å². The van der Waals surface area contributed by atoms with Gasteiger partial charge in [-0.15, -0.1) is 0 Å². The predicted molar refractivity (Wildman–Crippen MR) is 114 cm³/mol. The Morgan fingerprint density at radius 3 is 2.44 bits per heavy atom. The fourth-order valence-electron chi connectivity index (χ4n) is 7.38. The summed E-state index contributed by atoms with van der Waals surface area (Å²) in [6.07, 6.45) is 13.2. The number of allylic oxidation sites excluding steroid dienone is 3. The van der Waals surface area contributed by atoms with E-state index in [0.29, 0.717) is 29.1 Å². The van der Waals surface area contributed by atoms with Crippen molar-refractivity contribution in [1.29, 1.82) is 0 Å². The Labute approximate surface area is 167 Å². The zero-order chi connectivity index (χ0) is 19.6. The van der Waals surface area contributed by atoms with E-state index < -0.39 is 8.32 Å². The lowest BCUT2D eigenvalue weighted by atomic mass is 9.48. The molecular weight excluding hydrogens is 348 g/mol. The molecule has 3 fully saturated rings. The molecule has 0 heterocycles. The van der Waals surface area contributed by atoms with Crippen molar-refractivity contribution in [2.24, 2.45) is 28.6 Å². The number of carbonyl (C=O) groups is 1. The zero-order valence-electron chi connectivity index (χ0n) is 18.2. The molecule has 150 valence electrons. The van der Waals surface area contributed by atoms with E-state index in [1.165, 1.54) is 32.1 Å². The monoisotopic (exact) mass is 386 g/mol. The molecule has 27 heavy (non-hydrogen) atoms. The van der Waals surface area contributed by atoms with Gasteiger partial charge in [0.1, 0.15) is 0 Å². The van der Waals surface area contributed by atoms with Gasteiger partial charge >= 0.3 is 0 Å². The lowest BCUT2D eigenvalue weighted by Crippen LogP contribution is -2.50. The molecule has 6 atom stereocenters. The van der Waals surface area contributed by atoms with Gasteiger partial charge in [0.2, 0.25) is 0 Å². The number of Topliss-reactive ketones (excluding diaryl/α,β-unsaturated/α-hetero) is 1. The van der Waals surface area contributed by atoms with Crippen LogP contribution >= 0.6 is 0 Å². The highest BCUT2D eigenvalue weighted by atomic mass is 28.4. The van der Waals surface area contributed by atoms with E-state index in [1.54, 1.807) is 5.57 Å². The first-order valence-electron chi connectivity index (χ1n) is 11.2. The van der Waals surface area contributed by atoms with Crippen LogP contribution in [0, 0.1) is 28.6 Å². The minimum atomic E-state index is -1.48. The van der Waals surface area contributed by atoms with Crippen molar-refractivity contribution in [2.75, 3.05) is 0 Å². The molecule has 0 bridgehead atoms. The Bertz CT molecular complexity index is 700. The molecule has 0 aromatic heterocycles. The highest BCUT2D eigenvalue weighted by Gasteiger charge is 2.59. The number of ketones is 1. The van der Waals surface area contributed by atoms with Crippen molar-refractivity contribution < 1.29 is 9.22 Å². The Morgan fingerprint density at radius 1 is 1.07 bits per heavy atom. The summed E-state index contributed by atoms with van der Waals surface area (Å²) in [6.45, 7) is 13.9. The van der Waals surface area contributed by atoms with Gasteiger partial charge in [-0.05, 0) is 99.2 Å². The largest absolute Gasteiger partial charge is 0.414 e. The lowest BCUT2D eigenvalue weighted by molar-refractivity contribution is -0.115. The third-order valence-electron chi connectivity index (χ3n) is 8.58. The van der Waals surface area contributed by atoms with E-state index >= 15 is 0 Å². The van der Waals surface area contributed by atoms with Crippen LogP contribution in [0.2, 0.25) is 19.6 Å². The van der Waals surface area contributed by atoms with Crippen LogP contribution in [-0.2, 0) is 9.22 Å². The average Bonchev–Trinajstić information content (AvgIpc) is 2.83. The highest BCUT2D eigenvalue weighted by molar-refractivity contribution is 6.69. The maximum atomic E-state index is 12.7. The van der Waals surface area contributed by atoms with Gasteiger partial charge in [0.25, 0.3) is 0 Å². The molecule has 2 nitrogen and oxygen atoms in total. The van der Waals surface area contributed by atoms with E-state index in [-0.39, 0.29) is 5.41 Å². The second-order valence-corrected chi connectivity index (χ2v) is 15.6. The second kappa shape index (κ2) is 6.42. The minimum Gasteiger partial charge on any atom is -0.414 e. The fraction of sp³-hybridized carbons (Fsp3) is 0.792. The van der Waals surface area contributed by atoms with Crippen molar-refractivity contribution in [3.05, 3.63) is 23.3 Å². The summed E-state index contributed by atoms with van der Waals surface area (Å²) >= 11 is 0. The normalized spacial score (nSPS) is 45.9. The number of hydrogen-bond acceptors (Lipinski definition) is 2. The number of fused-ring (bicyclic) bond motifs is 5. The molecule has 0 N–H and O–H groups in total. The number of hydrogen-bond donors (Lipinski definition) is 0. The second-order valence-electron chi connectivity index (χ2n) is 11.1. The molecule has 0 aromatic rings. The molecule has 4 aliphatic carbocycles. The Balaban J connectivity index is 1.60. The third-order valence-corrected chi connectivity index (χ3v) is 9.62. The quantitative estimate of drug-likeness (QED) is 0.316. The minimum absolute atomic E-state index is 0.132. The zero-order valence-corrected chi connectivity index (χ0v) is 19.2. The van der Waals surface area contributed by atoms with Crippen molar-refractivity contribution >= 4 is 14.1 Å². The van der Waals surface area contributed by atoms with Crippen LogP contribution in [0.15, 0.2) is 23.3 Å². The first-order chi connectivity index (χ1) is 12.6. The van der Waals surface area contributed by atoms with Crippen molar-refractivity contribution in [3.63, 3.8) is 0 Å².